The van der Waals surface area contributed by atoms with Crippen molar-refractivity contribution in [1.82, 2.24) is 4.90 Å². The van der Waals surface area contributed by atoms with Crippen molar-refractivity contribution in [2.45, 2.75) is 50.7 Å². The van der Waals surface area contributed by atoms with E-state index >= 15 is 0 Å². The zero-order valence-electron chi connectivity index (χ0n) is 15.0. The number of nitrogens with zero attached hydrogens (tertiary/aromatic N) is 1. The van der Waals surface area contributed by atoms with Gasteiger partial charge in [-0.2, -0.15) is 0 Å². The third kappa shape index (κ3) is 5.53. The van der Waals surface area contributed by atoms with Crippen LogP contribution in [0.5, 0.6) is 11.5 Å². The number of rotatable bonds is 9. The molecule has 1 aliphatic rings. The average Bonchev–Trinajstić information content (AvgIpc) is 2.61. The van der Waals surface area contributed by atoms with Crippen LogP contribution in [0.2, 0.25) is 0 Å². The van der Waals surface area contributed by atoms with Gasteiger partial charge in [0.05, 0.1) is 7.11 Å². The van der Waals surface area contributed by atoms with Crippen molar-refractivity contribution in [1.29, 1.82) is 0 Å². The smallest absolute Gasteiger partial charge is 0.123 e. The molecule has 0 saturated heterocycles. The Hall–Kier alpha value is -1.52. The molecule has 1 fully saturated rings. The monoisotopic (exact) mass is 333 g/mol. The molecule has 1 aromatic rings. The van der Waals surface area contributed by atoms with Crippen LogP contribution in [-0.2, 0) is 6.42 Å². The van der Waals surface area contributed by atoms with Crippen LogP contribution in [0.4, 0.5) is 0 Å². The summed E-state index contributed by atoms with van der Waals surface area (Å²) in [6, 6.07) is 6.33. The van der Waals surface area contributed by atoms with Crippen molar-refractivity contribution < 1.29 is 14.6 Å². The second-order valence-electron chi connectivity index (χ2n) is 6.66. The highest BCUT2D eigenvalue weighted by Crippen LogP contribution is 2.25. The minimum atomic E-state index is -0.490. The third-order valence-electron chi connectivity index (χ3n) is 4.76. The number of hydrogen-bond acceptors (Lipinski definition) is 4. The molecule has 1 atom stereocenters. The lowest BCUT2D eigenvalue weighted by Gasteiger charge is -2.32. The molecule has 0 unspecified atom stereocenters. The van der Waals surface area contributed by atoms with Gasteiger partial charge in [0.1, 0.15) is 24.2 Å². The molecule has 1 saturated carbocycles. The van der Waals surface area contributed by atoms with Crippen LogP contribution < -0.4 is 9.47 Å². The van der Waals surface area contributed by atoms with E-state index in [1.165, 1.54) is 32.1 Å². The van der Waals surface area contributed by atoms with E-state index in [2.05, 4.69) is 18.5 Å². The first-order valence-corrected chi connectivity index (χ1v) is 8.93. The fraction of sp³-hybridized carbons (Fsp3) is 0.600. The molecular weight excluding hydrogens is 302 g/mol. The van der Waals surface area contributed by atoms with E-state index in [1.54, 1.807) is 7.11 Å². The Morgan fingerprint density at radius 2 is 2.08 bits per heavy atom. The molecule has 0 amide bonds. The van der Waals surface area contributed by atoms with Crippen molar-refractivity contribution in [2.75, 3.05) is 27.3 Å². The maximum Gasteiger partial charge on any atom is 0.123 e. The van der Waals surface area contributed by atoms with E-state index in [-0.39, 0.29) is 0 Å². The van der Waals surface area contributed by atoms with Gasteiger partial charge in [-0.25, -0.2) is 0 Å². The maximum atomic E-state index is 10.3. The summed E-state index contributed by atoms with van der Waals surface area (Å²) in [6.45, 7) is 4.74. The molecule has 24 heavy (non-hydrogen) atoms. The number of allylic oxidation sites excluding steroid dienone is 1. The molecule has 0 heterocycles. The molecule has 1 N–H and O–H groups in total. The van der Waals surface area contributed by atoms with Gasteiger partial charge in [-0.1, -0.05) is 25.3 Å². The molecule has 2 rings (SSSR count). The number of methoxy groups -OCH3 is 1. The summed E-state index contributed by atoms with van der Waals surface area (Å²) in [4.78, 5) is 2.28. The van der Waals surface area contributed by atoms with Crippen LogP contribution in [0, 0.1) is 0 Å². The van der Waals surface area contributed by atoms with Crippen molar-refractivity contribution in [3.63, 3.8) is 0 Å². The summed E-state index contributed by atoms with van der Waals surface area (Å²) >= 11 is 0. The summed E-state index contributed by atoms with van der Waals surface area (Å²) in [6.07, 6.45) is 8.50. The fourth-order valence-corrected chi connectivity index (χ4v) is 3.38. The topological polar surface area (TPSA) is 41.9 Å². The molecule has 4 nitrogen and oxygen atoms in total. The molecule has 0 aromatic heterocycles. The highest BCUT2D eigenvalue weighted by molar-refractivity contribution is 5.41. The van der Waals surface area contributed by atoms with Crippen LogP contribution in [0.1, 0.15) is 37.7 Å². The van der Waals surface area contributed by atoms with E-state index in [4.69, 9.17) is 9.47 Å². The van der Waals surface area contributed by atoms with Crippen LogP contribution in [0.25, 0.3) is 0 Å². The number of ether oxygens (including phenoxy) is 2. The number of likely N-dealkylation sites (N-methyl/N-ethyl adjacent to an activating group) is 1. The molecule has 0 spiro atoms. The van der Waals surface area contributed by atoms with Crippen molar-refractivity contribution >= 4 is 0 Å². The van der Waals surface area contributed by atoms with Crippen LogP contribution in [-0.4, -0.2) is 49.5 Å². The highest BCUT2D eigenvalue weighted by Gasteiger charge is 2.20. The van der Waals surface area contributed by atoms with Crippen molar-refractivity contribution in [2.24, 2.45) is 0 Å². The molecule has 1 aromatic carbocycles. The Bertz CT molecular complexity index is 512. The molecular formula is C20H31NO3. The zero-order valence-corrected chi connectivity index (χ0v) is 15.0. The van der Waals surface area contributed by atoms with Gasteiger partial charge in [-0.3, -0.25) is 0 Å². The van der Waals surface area contributed by atoms with Crippen LogP contribution in [0.15, 0.2) is 30.9 Å². The van der Waals surface area contributed by atoms with E-state index in [9.17, 15) is 5.11 Å². The summed E-state index contributed by atoms with van der Waals surface area (Å²) in [7, 11) is 3.76. The summed E-state index contributed by atoms with van der Waals surface area (Å²) < 4.78 is 11.1. The molecule has 1 aliphatic carbocycles. The van der Waals surface area contributed by atoms with Gasteiger partial charge in [-0.05, 0) is 44.5 Å². The normalized spacial score (nSPS) is 16.8. The average molecular weight is 333 g/mol. The lowest BCUT2D eigenvalue weighted by molar-refractivity contribution is 0.0559. The molecule has 4 heteroatoms. The first kappa shape index (κ1) is 18.8. The number of benzene rings is 1. The zero-order chi connectivity index (χ0) is 17.4. The lowest BCUT2D eigenvalue weighted by atomic mass is 9.94. The quantitative estimate of drug-likeness (QED) is 0.703. The van der Waals surface area contributed by atoms with Gasteiger partial charge < -0.3 is 19.5 Å². The molecule has 0 aliphatic heterocycles. The van der Waals surface area contributed by atoms with Crippen molar-refractivity contribution in [3.8, 4) is 11.5 Å². The lowest BCUT2D eigenvalue weighted by Crippen LogP contribution is -2.40. The predicted molar refractivity (Wildman–Crippen MR) is 97.9 cm³/mol. The van der Waals surface area contributed by atoms with E-state index < -0.39 is 6.10 Å². The SMILES string of the molecule is C=CCc1cc(OC)ccc1OC[C@@H](O)CN(C)C1CCCCC1. The summed E-state index contributed by atoms with van der Waals surface area (Å²) in [5, 5.41) is 10.3. The first-order chi connectivity index (χ1) is 11.6. The van der Waals surface area contributed by atoms with Crippen LogP contribution >= 0.6 is 0 Å². The summed E-state index contributed by atoms with van der Waals surface area (Å²) in [5.41, 5.74) is 1.03. The molecule has 134 valence electrons. The largest absolute Gasteiger partial charge is 0.497 e. The minimum absolute atomic E-state index is 0.299. The summed E-state index contributed by atoms with van der Waals surface area (Å²) in [5.74, 6) is 1.59. The third-order valence-corrected chi connectivity index (χ3v) is 4.76. The Kier molecular flexibility index (Phi) is 7.60. The van der Waals surface area contributed by atoms with Gasteiger partial charge >= 0.3 is 0 Å². The second-order valence-corrected chi connectivity index (χ2v) is 6.66. The highest BCUT2D eigenvalue weighted by atomic mass is 16.5. The number of aliphatic hydroxyl groups excluding tert-OH is 1. The van der Waals surface area contributed by atoms with Gasteiger partial charge in [0.15, 0.2) is 0 Å². The predicted octanol–water partition coefficient (Wildman–Crippen LogP) is 3.43. The van der Waals surface area contributed by atoms with E-state index in [1.807, 2.05) is 24.3 Å². The number of hydrogen-bond donors (Lipinski definition) is 1. The Morgan fingerprint density at radius 1 is 1.33 bits per heavy atom. The Labute approximate surface area is 146 Å². The first-order valence-electron chi connectivity index (χ1n) is 8.93. The van der Waals surface area contributed by atoms with Gasteiger partial charge in [0, 0.05) is 18.2 Å². The minimum Gasteiger partial charge on any atom is -0.497 e. The van der Waals surface area contributed by atoms with Gasteiger partial charge in [0.25, 0.3) is 0 Å². The van der Waals surface area contributed by atoms with Crippen molar-refractivity contribution in [3.05, 3.63) is 36.4 Å². The second kappa shape index (κ2) is 9.70. The van der Waals surface area contributed by atoms with Gasteiger partial charge in [-0.15, -0.1) is 6.58 Å². The van der Waals surface area contributed by atoms with Crippen LogP contribution in [0.3, 0.4) is 0 Å². The Morgan fingerprint density at radius 3 is 2.75 bits per heavy atom. The Balaban J connectivity index is 1.86. The standard InChI is InChI=1S/C20H31NO3/c1-4-8-16-13-19(23-3)11-12-20(16)24-15-18(22)14-21(2)17-9-6-5-7-10-17/h4,11-13,17-18,22H,1,5-10,14-15H2,2-3H3/t18-/m0/s1. The molecule has 0 bridgehead atoms. The van der Waals surface area contributed by atoms with E-state index in [0.717, 1.165) is 17.1 Å². The number of aliphatic hydroxyl groups is 1. The molecule has 0 radical (unpaired) electrons. The fourth-order valence-electron chi connectivity index (χ4n) is 3.38. The van der Waals surface area contributed by atoms with E-state index in [0.29, 0.717) is 25.6 Å². The van der Waals surface area contributed by atoms with Gasteiger partial charge in [0.2, 0.25) is 0 Å². The maximum absolute atomic E-state index is 10.3.